The number of nitrogens with one attached hydrogen (secondary N) is 3. The third-order valence-corrected chi connectivity index (χ3v) is 3.17. The van der Waals surface area contributed by atoms with E-state index >= 15 is 0 Å². The summed E-state index contributed by atoms with van der Waals surface area (Å²) in [7, 11) is 0. The van der Waals surface area contributed by atoms with Crippen molar-refractivity contribution in [2.45, 2.75) is 6.92 Å². The Kier molecular flexibility index (Phi) is 3.57. The van der Waals surface area contributed by atoms with Gasteiger partial charge in [0.1, 0.15) is 0 Å². The molecule has 0 unspecified atom stereocenters. The van der Waals surface area contributed by atoms with E-state index in [1.54, 1.807) is 30.5 Å². The van der Waals surface area contributed by atoms with Crippen LogP contribution in [-0.2, 0) is 4.79 Å². The maximum absolute atomic E-state index is 12.2. The maximum atomic E-state index is 12.2. The molecule has 110 valence electrons. The molecule has 3 rings (SSSR count). The Bertz CT molecular complexity index is 837. The number of rotatable bonds is 3. The second kappa shape index (κ2) is 5.69. The summed E-state index contributed by atoms with van der Waals surface area (Å²) in [6.45, 7) is 1.44. The summed E-state index contributed by atoms with van der Waals surface area (Å²) in [5, 5.41) is 13.3. The number of anilines is 2. The molecule has 3 N–H and O–H groups in total. The molecule has 2 aromatic carbocycles. The van der Waals surface area contributed by atoms with Crippen LogP contribution in [0.4, 0.5) is 11.4 Å². The van der Waals surface area contributed by atoms with E-state index < -0.39 is 0 Å². The van der Waals surface area contributed by atoms with Gasteiger partial charge in [-0.15, -0.1) is 0 Å². The number of aromatic amines is 1. The smallest absolute Gasteiger partial charge is 0.255 e. The normalized spacial score (nSPS) is 10.4. The zero-order chi connectivity index (χ0) is 15.5. The van der Waals surface area contributed by atoms with Crippen molar-refractivity contribution in [2.24, 2.45) is 0 Å². The van der Waals surface area contributed by atoms with Crippen molar-refractivity contribution >= 4 is 34.1 Å². The third kappa shape index (κ3) is 2.95. The van der Waals surface area contributed by atoms with Crippen molar-refractivity contribution in [2.75, 3.05) is 10.6 Å². The Morgan fingerprint density at radius 2 is 1.73 bits per heavy atom. The molecule has 0 fully saturated rings. The molecule has 0 bridgehead atoms. The fourth-order valence-electron chi connectivity index (χ4n) is 2.13. The monoisotopic (exact) mass is 294 g/mol. The van der Waals surface area contributed by atoms with Crippen LogP contribution < -0.4 is 10.6 Å². The molecule has 1 aromatic heterocycles. The number of nitrogens with zero attached hydrogens (tertiary/aromatic N) is 1. The lowest BCUT2D eigenvalue weighted by molar-refractivity contribution is -0.114. The molecular weight excluding hydrogens is 280 g/mol. The van der Waals surface area contributed by atoms with E-state index in [4.69, 9.17) is 0 Å². The Hall–Kier alpha value is -3.15. The zero-order valence-corrected chi connectivity index (χ0v) is 11.9. The maximum Gasteiger partial charge on any atom is 0.255 e. The van der Waals surface area contributed by atoms with Crippen LogP contribution in [0.2, 0.25) is 0 Å². The summed E-state index contributed by atoms with van der Waals surface area (Å²) in [4.78, 5) is 23.2. The van der Waals surface area contributed by atoms with Gasteiger partial charge in [-0.2, -0.15) is 5.10 Å². The van der Waals surface area contributed by atoms with Gasteiger partial charge in [-0.05, 0) is 42.5 Å². The van der Waals surface area contributed by atoms with Gasteiger partial charge in [-0.25, -0.2) is 0 Å². The summed E-state index contributed by atoms with van der Waals surface area (Å²) >= 11 is 0. The summed E-state index contributed by atoms with van der Waals surface area (Å²) < 4.78 is 0. The summed E-state index contributed by atoms with van der Waals surface area (Å²) in [5.41, 5.74) is 2.72. The minimum absolute atomic E-state index is 0.148. The van der Waals surface area contributed by atoms with Gasteiger partial charge in [0.2, 0.25) is 5.91 Å². The third-order valence-electron chi connectivity index (χ3n) is 3.17. The van der Waals surface area contributed by atoms with E-state index in [0.717, 1.165) is 10.9 Å². The summed E-state index contributed by atoms with van der Waals surface area (Å²) in [6.07, 6.45) is 1.72. The zero-order valence-electron chi connectivity index (χ0n) is 11.9. The molecule has 0 aliphatic rings. The van der Waals surface area contributed by atoms with Crippen LogP contribution in [0.5, 0.6) is 0 Å². The lowest BCUT2D eigenvalue weighted by Crippen LogP contribution is -2.12. The SMILES string of the molecule is CC(=O)Nc1ccc(C(=O)Nc2ccc3cn[nH]c3c2)cc1. The van der Waals surface area contributed by atoms with Crippen molar-refractivity contribution in [1.29, 1.82) is 0 Å². The molecule has 6 nitrogen and oxygen atoms in total. The molecule has 0 aliphatic carbocycles. The van der Waals surface area contributed by atoms with Crippen molar-refractivity contribution in [3.8, 4) is 0 Å². The molecule has 1 heterocycles. The highest BCUT2D eigenvalue weighted by Gasteiger charge is 2.07. The number of fused-ring (bicyclic) bond motifs is 1. The Morgan fingerprint density at radius 1 is 1.00 bits per heavy atom. The molecule has 0 radical (unpaired) electrons. The molecule has 6 heteroatoms. The molecule has 2 amide bonds. The molecule has 0 aliphatic heterocycles. The molecule has 0 spiro atoms. The Labute approximate surface area is 126 Å². The highest BCUT2D eigenvalue weighted by molar-refractivity contribution is 6.05. The van der Waals surface area contributed by atoms with Gasteiger partial charge in [0.05, 0.1) is 11.7 Å². The van der Waals surface area contributed by atoms with Gasteiger partial charge in [0.25, 0.3) is 5.91 Å². The van der Waals surface area contributed by atoms with Gasteiger partial charge in [0, 0.05) is 29.2 Å². The van der Waals surface area contributed by atoms with E-state index in [2.05, 4.69) is 20.8 Å². The fourth-order valence-corrected chi connectivity index (χ4v) is 2.13. The van der Waals surface area contributed by atoms with Crippen molar-refractivity contribution in [3.63, 3.8) is 0 Å². The van der Waals surface area contributed by atoms with Crippen molar-refractivity contribution in [1.82, 2.24) is 10.2 Å². The number of carbonyl (C=O) groups excluding carboxylic acids is 2. The van der Waals surface area contributed by atoms with E-state index in [9.17, 15) is 9.59 Å². The van der Waals surface area contributed by atoms with E-state index in [0.29, 0.717) is 16.9 Å². The highest BCUT2D eigenvalue weighted by atomic mass is 16.2. The molecule has 0 atom stereocenters. The number of amides is 2. The standard InChI is InChI=1S/C16H14N4O2/c1-10(21)18-13-5-2-11(3-6-13)16(22)19-14-7-4-12-9-17-20-15(12)8-14/h2-9H,1H3,(H,17,20)(H,18,21)(H,19,22). The van der Waals surface area contributed by atoms with E-state index in [-0.39, 0.29) is 11.8 Å². The van der Waals surface area contributed by atoms with Crippen LogP contribution in [0.1, 0.15) is 17.3 Å². The first kappa shape index (κ1) is 13.8. The molecular formula is C16H14N4O2. The van der Waals surface area contributed by atoms with Crippen LogP contribution in [0, 0.1) is 0 Å². The van der Waals surface area contributed by atoms with Crippen LogP contribution in [0.15, 0.2) is 48.7 Å². The lowest BCUT2D eigenvalue weighted by Gasteiger charge is -2.07. The average Bonchev–Trinajstić information content (AvgIpc) is 2.95. The second-order valence-corrected chi connectivity index (χ2v) is 4.88. The van der Waals surface area contributed by atoms with Gasteiger partial charge >= 0.3 is 0 Å². The topological polar surface area (TPSA) is 86.9 Å². The molecule has 3 aromatic rings. The predicted molar refractivity (Wildman–Crippen MR) is 84.8 cm³/mol. The van der Waals surface area contributed by atoms with E-state index in [1.807, 2.05) is 18.2 Å². The van der Waals surface area contributed by atoms with Crippen LogP contribution >= 0.6 is 0 Å². The molecule has 22 heavy (non-hydrogen) atoms. The van der Waals surface area contributed by atoms with Gasteiger partial charge < -0.3 is 10.6 Å². The Balaban J connectivity index is 1.74. The first-order valence-electron chi connectivity index (χ1n) is 6.74. The number of carbonyl (C=O) groups is 2. The number of hydrogen-bond acceptors (Lipinski definition) is 3. The van der Waals surface area contributed by atoms with Crippen molar-refractivity contribution < 1.29 is 9.59 Å². The number of benzene rings is 2. The molecule has 0 saturated heterocycles. The second-order valence-electron chi connectivity index (χ2n) is 4.88. The van der Waals surface area contributed by atoms with Crippen LogP contribution in [0.3, 0.4) is 0 Å². The number of aromatic nitrogens is 2. The quantitative estimate of drug-likeness (QED) is 0.694. The van der Waals surface area contributed by atoms with E-state index in [1.165, 1.54) is 6.92 Å². The van der Waals surface area contributed by atoms with Crippen LogP contribution in [-0.4, -0.2) is 22.0 Å². The van der Waals surface area contributed by atoms with Crippen LogP contribution in [0.25, 0.3) is 10.9 Å². The first-order valence-corrected chi connectivity index (χ1v) is 6.74. The van der Waals surface area contributed by atoms with Crippen molar-refractivity contribution in [3.05, 3.63) is 54.2 Å². The predicted octanol–water partition coefficient (Wildman–Crippen LogP) is 2.77. The summed E-state index contributed by atoms with van der Waals surface area (Å²) in [5.74, 6) is -0.363. The fraction of sp³-hybridized carbons (Fsp3) is 0.0625. The van der Waals surface area contributed by atoms with Gasteiger partial charge in [-0.3, -0.25) is 14.7 Å². The average molecular weight is 294 g/mol. The lowest BCUT2D eigenvalue weighted by atomic mass is 10.2. The Morgan fingerprint density at radius 3 is 2.45 bits per heavy atom. The highest BCUT2D eigenvalue weighted by Crippen LogP contribution is 2.18. The minimum atomic E-state index is -0.215. The first-order chi connectivity index (χ1) is 10.6. The largest absolute Gasteiger partial charge is 0.326 e. The van der Waals surface area contributed by atoms with Gasteiger partial charge in [0.15, 0.2) is 0 Å². The minimum Gasteiger partial charge on any atom is -0.326 e. The van der Waals surface area contributed by atoms with Gasteiger partial charge in [-0.1, -0.05) is 0 Å². The summed E-state index contributed by atoms with van der Waals surface area (Å²) in [6, 6.07) is 12.2. The number of hydrogen-bond donors (Lipinski definition) is 3. The number of H-pyrrole nitrogens is 1. The molecule has 0 saturated carbocycles.